The molecule has 1 aromatic heterocycles. The number of carboxylic acid groups (broad SMARTS) is 1. The lowest BCUT2D eigenvalue weighted by atomic mass is 9.91. The molecule has 0 unspecified atom stereocenters. The molecule has 3 N–H and O–H groups in total. The lowest BCUT2D eigenvalue weighted by molar-refractivity contribution is -0.162. The number of fused-ring (bicyclic) bond motifs is 1. The lowest BCUT2D eigenvalue weighted by Gasteiger charge is -2.35. The number of carbonyl (C=O) groups is 2. The molecule has 1 amide bonds. The summed E-state index contributed by atoms with van der Waals surface area (Å²) in [7, 11) is 0. The Morgan fingerprint density at radius 2 is 1.91 bits per heavy atom. The standard InChI is InChI=1S/C15H15BrN2O4/c16-10-2-1-9-7-12(17-11(9)8-10)13(19)18-5-3-15(22,4-6-18)14(20)21/h1-2,7-8,17,22H,3-6H2,(H,20,21). The Morgan fingerprint density at radius 1 is 1.23 bits per heavy atom. The van der Waals surface area contributed by atoms with Gasteiger partial charge in [0.25, 0.3) is 5.91 Å². The van der Waals surface area contributed by atoms with Crippen LogP contribution in [0.15, 0.2) is 28.7 Å². The van der Waals surface area contributed by atoms with Gasteiger partial charge < -0.3 is 20.1 Å². The Kier molecular flexibility index (Phi) is 3.70. The molecule has 0 radical (unpaired) electrons. The normalized spacial score (nSPS) is 17.6. The second-order valence-electron chi connectivity index (χ2n) is 5.54. The van der Waals surface area contributed by atoms with Crippen LogP contribution >= 0.6 is 15.9 Å². The molecule has 1 saturated heterocycles. The van der Waals surface area contributed by atoms with Crippen LogP contribution in [0.25, 0.3) is 10.9 Å². The number of aliphatic hydroxyl groups is 1. The quantitative estimate of drug-likeness (QED) is 0.757. The van der Waals surface area contributed by atoms with E-state index in [1.54, 1.807) is 11.0 Å². The van der Waals surface area contributed by atoms with Crippen molar-refractivity contribution in [1.29, 1.82) is 0 Å². The summed E-state index contributed by atoms with van der Waals surface area (Å²) in [6.07, 6.45) is 0.0830. The molecule has 116 valence electrons. The predicted octanol–water partition coefficient (Wildman–Crippen LogP) is 1.98. The molecule has 1 aliphatic rings. The number of nitrogens with one attached hydrogen (secondary N) is 1. The van der Waals surface area contributed by atoms with Crippen molar-refractivity contribution in [3.63, 3.8) is 0 Å². The van der Waals surface area contributed by atoms with E-state index in [1.165, 1.54) is 0 Å². The number of H-pyrrole nitrogens is 1. The molecule has 6 nitrogen and oxygen atoms in total. The van der Waals surface area contributed by atoms with E-state index in [0.29, 0.717) is 5.69 Å². The van der Waals surface area contributed by atoms with Gasteiger partial charge in [-0.25, -0.2) is 4.79 Å². The number of aromatic nitrogens is 1. The average Bonchev–Trinajstić information content (AvgIpc) is 2.90. The first-order valence-electron chi connectivity index (χ1n) is 6.92. The van der Waals surface area contributed by atoms with Gasteiger partial charge in [0.1, 0.15) is 5.69 Å². The van der Waals surface area contributed by atoms with E-state index >= 15 is 0 Å². The molecular formula is C15H15BrN2O4. The molecule has 0 atom stereocenters. The third kappa shape index (κ3) is 2.62. The lowest BCUT2D eigenvalue weighted by Crippen LogP contribution is -2.50. The number of hydrogen-bond acceptors (Lipinski definition) is 3. The Balaban J connectivity index is 1.78. The molecule has 0 aliphatic carbocycles. The first-order chi connectivity index (χ1) is 10.4. The second-order valence-corrected chi connectivity index (χ2v) is 6.46. The number of aliphatic carboxylic acids is 1. The van der Waals surface area contributed by atoms with Crippen LogP contribution in [0.5, 0.6) is 0 Å². The highest BCUT2D eigenvalue weighted by atomic mass is 79.9. The van der Waals surface area contributed by atoms with Crippen molar-refractivity contribution in [2.45, 2.75) is 18.4 Å². The topological polar surface area (TPSA) is 93.6 Å². The van der Waals surface area contributed by atoms with Gasteiger partial charge in [0.05, 0.1) is 0 Å². The van der Waals surface area contributed by atoms with Gasteiger partial charge in [-0.1, -0.05) is 22.0 Å². The largest absolute Gasteiger partial charge is 0.479 e. The maximum absolute atomic E-state index is 12.5. The van der Waals surface area contributed by atoms with E-state index in [-0.39, 0.29) is 31.8 Å². The van der Waals surface area contributed by atoms with Crippen molar-refractivity contribution in [1.82, 2.24) is 9.88 Å². The third-order valence-electron chi connectivity index (χ3n) is 4.09. The molecule has 1 aliphatic heterocycles. The highest BCUT2D eigenvalue weighted by Crippen LogP contribution is 2.25. The van der Waals surface area contributed by atoms with Crippen LogP contribution in [0.2, 0.25) is 0 Å². The van der Waals surface area contributed by atoms with Crippen molar-refractivity contribution < 1.29 is 19.8 Å². The molecular weight excluding hydrogens is 352 g/mol. The Labute approximate surface area is 134 Å². The van der Waals surface area contributed by atoms with E-state index in [0.717, 1.165) is 15.4 Å². The first kappa shape index (κ1) is 15.1. The van der Waals surface area contributed by atoms with Crippen LogP contribution in [0.3, 0.4) is 0 Å². The SMILES string of the molecule is O=C(c1cc2ccc(Br)cc2[nH]1)N1CCC(O)(C(=O)O)CC1. The Bertz CT molecular complexity index is 747. The van der Waals surface area contributed by atoms with Gasteiger partial charge in [-0.05, 0) is 18.2 Å². The number of carboxylic acids is 1. The van der Waals surface area contributed by atoms with E-state index < -0.39 is 11.6 Å². The monoisotopic (exact) mass is 366 g/mol. The summed E-state index contributed by atoms with van der Waals surface area (Å²) in [6.45, 7) is 0.446. The summed E-state index contributed by atoms with van der Waals surface area (Å²) in [6, 6.07) is 7.48. The van der Waals surface area contributed by atoms with Gasteiger partial charge in [0.2, 0.25) is 0 Å². The number of benzene rings is 1. The van der Waals surface area contributed by atoms with Crippen LogP contribution in [0, 0.1) is 0 Å². The number of halogens is 1. The summed E-state index contributed by atoms with van der Waals surface area (Å²) in [4.78, 5) is 28.1. The maximum atomic E-state index is 12.5. The van der Waals surface area contributed by atoms with Crippen molar-refractivity contribution in [2.75, 3.05) is 13.1 Å². The van der Waals surface area contributed by atoms with Gasteiger partial charge in [0, 0.05) is 41.3 Å². The average molecular weight is 367 g/mol. The van der Waals surface area contributed by atoms with Gasteiger partial charge in [-0.2, -0.15) is 0 Å². The molecule has 2 aromatic rings. The number of piperidine rings is 1. The Hall–Kier alpha value is -1.86. The van der Waals surface area contributed by atoms with Crippen LogP contribution < -0.4 is 0 Å². The van der Waals surface area contributed by atoms with E-state index in [2.05, 4.69) is 20.9 Å². The van der Waals surface area contributed by atoms with Crippen molar-refractivity contribution >= 4 is 38.7 Å². The van der Waals surface area contributed by atoms with Crippen molar-refractivity contribution in [2.24, 2.45) is 0 Å². The van der Waals surface area contributed by atoms with Gasteiger partial charge in [-0.3, -0.25) is 4.79 Å². The minimum Gasteiger partial charge on any atom is -0.479 e. The minimum atomic E-state index is -1.72. The summed E-state index contributed by atoms with van der Waals surface area (Å²) < 4.78 is 0.922. The van der Waals surface area contributed by atoms with Crippen molar-refractivity contribution in [3.8, 4) is 0 Å². The summed E-state index contributed by atoms with van der Waals surface area (Å²) in [5.74, 6) is -1.41. The molecule has 1 aromatic carbocycles. The Morgan fingerprint density at radius 3 is 2.55 bits per heavy atom. The number of nitrogens with zero attached hydrogens (tertiary/aromatic N) is 1. The summed E-state index contributed by atoms with van der Waals surface area (Å²) in [5, 5.41) is 19.8. The number of likely N-dealkylation sites (tertiary alicyclic amines) is 1. The van der Waals surface area contributed by atoms with Gasteiger partial charge in [-0.15, -0.1) is 0 Å². The zero-order chi connectivity index (χ0) is 15.9. The minimum absolute atomic E-state index is 0.0415. The fraction of sp³-hybridized carbons (Fsp3) is 0.333. The molecule has 0 spiro atoms. The van der Waals surface area contributed by atoms with Gasteiger partial charge >= 0.3 is 5.97 Å². The smallest absolute Gasteiger partial charge is 0.335 e. The molecule has 0 saturated carbocycles. The number of hydrogen-bond donors (Lipinski definition) is 3. The second kappa shape index (κ2) is 5.40. The number of amides is 1. The predicted molar refractivity (Wildman–Crippen MR) is 83.7 cm³/mol. The van der Waals surface area contributed by atoms with Gasteiger partial charge in [0.15, 0.2) is 5.60 Å². The van der Waals surface area contributed by atoms with Crippen molar-refractivity contribution in [3.05, 3.63) is 34.4 Å². The zero-order valence-corrected chi connectivity index (χ0v) is 13.3. The van der Waals surface area contributed by atoms with Crippen LogP contribution in [0.1, 0.15) is 23.3 Å². The molecule has 22 heavy (non-hydrogen) atoms. The molecule has 3 rings (SSSR count). The van der Waals surface area contributed by atoms with E-state index in [1.807, 2.05) is 18.2 Å². The number of rotatable bonds is 2. The number of aromatic amines is 1. The zero-order valence-electron chi connectivity index (χ0n) is 11.7. The van der Waals surface area contributed by atoms with Crippen LogP contribution in [-0.2, 0) is 4.79 Å². The van der Waals surface area contributed by atoms with Crippen LogP contribution in [-0.4, -0.2) is 50.7 Å². The van der Waals surface area contributed by atoms with Crippen LogP contribution in [0.4, 0.5) is 0 Å². The fourth-order valence-corrected chi connectivity index (χ4v) is 3.04. The van der Waals surface area contributed by atoms with E-state index in [4.69, 9.17) is 5.11 Å². The molecule has 0 bridgehead atoms. The number of carbonyl (C=O) groups excluding carboxylic acids is 1. The third-order valence-corrected chi connectivity index (χ3v) is 4.58. The maximum Gasteiger partial charge on any atom is 0.335 e. The molecule has 1 fully saturated rings. The molecule has 7 heteroatoms. The molecule has 2 heterocycles. The summed E-state index contributed by atoms with van der Waals surface area (Å²) in [5.41, 5.74) is -0.395. The highest BCUT2D eigenvalue weighted by molar-refractivity contribution is 9.10. The van der Waals surface area contributed by atoms with E-state index in [9.17, 15) is 14.7 Å². The summed E-state index contributed by atoms with van der Waals surface area (Å²) >= 11 is 3.38. The first-order valence-corrected chi connectivity index (χ1v) is 7.72. The fourth-order valence-electron chi connectivity index (χ4n) is 2.68. The highest BCUT2D eigenvalue weighted by Gasteiger charge is 2.40.